The molecule has 0 fully saturated rings. The zero-order chi connectivity index (χ0) is 16.2. The van der Waals surface area contributed by atoms with Crippen LogP contribution in [0.25, 0.3) is 0 Å². The minimum absolute atomic E-state index is 0.0510. The van der Waals surface area contributed by atoms with Crippen LogP contribution in [0, 0.1) is 0 Å². The molecular weight excluding hydrogens is 331 g/mol. The lowest BCUT2D eigenvalue weighted by Crippen LogP contribution is -2.20. The van der Waals surface area contributed by atoms with E-state index in [2.05, 4.69) is 4.98 Å². The molecule has 1 heterocycles. The summed E-state index contributed by atoms with van der Waals surface area (Å²) in [6.45, 7) is 1.35. The molecule has 0 spiro atoms. The van der Waals surface area contributed by atoms with Gasteiger partial charge in [-0.15, -0.1) is 0 Å². The van der Waals surface area contributed by atoms with Crippen LogP contribution in [0.5, 0.6) is 0 Å². The highest BCUT2D eigenvalue weighted by molar-refractivity contribution is 8.13. The second kappa shape index (κ2) is 7.44. The molecule has 2 unspecified atom stereocenters. The van der Waals surface area contributed by atoms with Crippen molar-refractivity contribution in [2.75, 3.05) is 5.75 Å². The molecule has 0 saturated carbocycles. The van der Waals surface area contributed by atoms with Gasteiger partial charge in [-0.2, -0.15) is 13.2 Å². The summed E-state index contributed by atoms with van der Waals surface area (Å²) in [5, 5.41) is 18.7. The predicted molar refractivity (Wildman–Crippen MR) is 73.0 cm³/mol. The zero-order valence-corrected chi connectivity index (χ0v) is 12.5. The van der Waals surface area contributed by atoms with Gasteiger partial charge in [0.2, 0.25) is 0 Å². The second-order valence-corrected chi connectivity index (χ2v) is 5.88. The number of halogens is 4. The fourth-order valence-corrected chi connectivity index (χ4v) is 2.39. The number of aliphatic hydroxyl groups is 2. The lowest BCUT2D eigenvalue weighted by Gasteiger charge is -2.19. The molecule has 0 aliphatic carbocycles. The molecule has 0 aliphatic heterocycles. The quantitative estimate of drug-likeness (QED) is 0.804. The van der Waals surface area contributed by atoms with E-state index in [0.717, 1.165) is 18.0 Å². The Morgan fingerprint density at radius 2 is 2.10 bits per heavy atom. The van der Waals surface area contributed by atoms with Gasteiger partial charge < -0.3 is 10.2 Å². The van der Waals surface area contributed by atoms with E-state index in [-0.39, 0.29) is 22.9 Å². The molecule has 118 valence electrons. The van der Waals surface area contributed by atoms with Crippen molar-refractivity contribution < 1.29 is 28.2 Å². The highest BCUT2D eigenvalue weighted by Gasteiger charge is 2.35. The number of rotatable bonds is 5. The van der Waals surface area contributed by atoms with E-state index < -0.39 is 29.1 Å². The monoisotopic (exact) mass is 343 g/mol. The van der Waals surface area contributed by atoms with Crippen molar-refractivity contribution in [3.8, 4) is 0 Å². The average molecular weight is 344 g/mol. The van der Waals surface area contributed by atoms with Crippen LogP contribution in [0.4, 0.5) is 13.2 Å². The number of pyridine rings is 1. The Kier molecular flexibility index (Phi) is 6.45. The minimum Gasteiger partial charge on any atom is -0.390 e. The first-order valence-corrected chi connectivity index (χ1v) is 7.21. The van der Waals surface area contributed by atoms with Crippen LogP contribution in [0.3, 0.4) is 0 Å². The molecule has 4 nitrogen and oxygen atoms in total. The largest absolute Gasteiger partial charge is 0.419 e. The van der Waals surface area contributed by atoms with Crippen LogP contribution in [-0.4, -0.2) is 32.2 Å². The Hall–Kier alpha value is -0.830. The standard InChI is InChI=1S/C12H13ClF3NO3S/c1-6(18)21-3-2-9(19)10(20)7-4-8(12(14,15)16)11(13)17-5-7/h4-5,9-10,19-20H,2-3H2,1H3. The van der Waals surface area contributed by atoms with Crippen molar-refractivity contribution in [1.29, 1.82) is 0 Å². The Balaban J connectivity index is 2.82. The number of aliphatic hydroxyl groups excluding tert-OH is 2. The van der Waals surface area contributed by atoms with Crippen molar-refractivity contribution in [3.05, 3.63) is 28.5 Å². The molecule has 2 N–H and O–H groups in total. The second-order valence-electron chi connectivity index (χ2n) is 4.25. The molecule has 21 heavy (non-hydrogen) atoms. The fraction of sp³-hybridized carbons (Fsp3) is 0.500. The maximum Gasteiger partial charge on any atom is 0.419 e. The summed E-state index contributed by atoms with van der Waals surface area (Å²) in [7, 11) is 0. The van der Waals surface area contributed by atoms with Crippen LogP contribution < -0.4 is 0 Å². The summed E-state index contributed by atoms with van der Waals surface area (Å²) in [4.78, 5) is 14.1. The number of carbonyl (C=O) groups excluding carboxylic acids is 1. The van der Waals surface area contributed by atoms with E-state index in [9.17, 15) is 28.2 Å². The third-order valence-electron chi connectivity index (χ3n) is 2.59. The van der Waals surface area contributed by atoms with Crippen molar-refractivity contribution in [2.24, 2.45) is 0 Å². The summed E-state index contributed by atoms with van der Waals surface area (Å²) in [6, 6.07) is 0.654. The summed E-state index contributed by atoms with van der Waals surface area (Å²) in [5.41, 5.74) is -1.36. The molecule has 0 bridgehead atoms. The molecule has 1 aromatic rings. The number of alkyl halides is 3. The minimum atomic E-state index is -4.70. The Morgan fingerprint density at radius 1 is 1.48 bits per heavy atom. The number of thioether (sulfide) groups is 1. The smallest absolute Gasteiger partial charge is 0.390 e. The molecule has 0 amide bonds. The molecule has 2 atom stereocenters. The molecule has 0 radical (unpaired) electrons. The summed E-state index contributed by atoms with van der Waals surface area (Å²) in [6.07, 6.45) is -6.52. The van der Waals surface area contributed by atoms with Crippen LogP contribution in [0.1, 0.15) is 30.6 Å². The topological polar surface area (TPSA) is 70.4 Å². The average Bonchev–Trinajstić information content (AvgIpc) is 2.36. The van der Waals surface area contributed by atoms with Gasteiger partial charge in [0.25, 0.3) is 0 Å². The maximum absolute atomic E-state index is 12.7. The van der Waals surface area contributed by atoms with Gasteiger partial charge in [0.15, 0.2) is 5.12 Å². The SMILES string of the molecule is CC(=O)SCCC(O)C(O)c1cnc(Cl)c(C(F)(F)F)c1. The summed E-state index contributed by atoms with van der Waals surface area (Å²) in [5.74, 6) is 0.251. The normalized spacial score (nSPS) is 14.8. The zero-order valence-electron chi connectivity index (χ0n) is 10.9. The van der Waals surface area contributed by atoms with Crippen LogP contribution in [0.15, 0.2) is 12.3 Å². The van der Waals surface area contributed by atoms with Crippen LogP contribution in [-0.2, 0) is 11.0 Å². The van der Waals surface area contributed by atoms with Gasteiger partial charge in [-0.1, -0.05) is 23.4 Å². The van der Waals surface area contributed by atoms with E-state index in [1.165, 1.54) is 6.92 Å². The van der Waals surface area contributed by atoms with Gasteiger partial charge in [0.05, 0.1) is 11.7 Å². The first kappa shape index (κ1) is 18.2. The first-order valence-electron chi connectivity index (χ1n) is 5.85. The maximum atomic E-state index is 12.7. The summed E-state index contributed by atoms with van der Waals surface area (Å²) < 4.78 is 38.0. The van der Waals surface area contributed by atoms with Crippen molar-refractivity contribution in [3.63, 3.8) is 0 Å². The molecule has 1 rings (SSSR count). The lowest BCUT2D eigenvalue weighted by atomic mass is 10.0. The van der Waals surface area contributed by atoms with Gasteiger partial charge in [-0.05, 0) is 12.5 Å². The number of aromatic nitrogens is 1. The third-order valence-corrected chi connectivity index (χ3v) is 3.74. The van der Waals surface area contributed by atoms with E-state index in [0.29, 0.717) is 6.07 Å². The van der Waals surface area contributed by atoms with Crippen molar-refractivity contribution in [2.45, 2.75) is 31.7 Å². The van der Waals surface area contributed by atoms with Crippen LogP contribution in [0.2, 0.25) is 5.15 Å². The molecule has 0 aromatic carbocycles. The highest BCUT2D eigenvalue weighted by Crippen LogP contribution is 2.35. The van der Waals surface area contributed by atoms with Crippen molar-refractivity contribution in [1.82, 2.24) is 4.98 Å². The Bertz CT molecular complexity index is 513. The summed E-state index contributed by atoms with van der Waals surface area (Å²) >= 11 is 6.32. The predicted octanol–water partition coefficient (Wildman–Crippen LogP) is 2.82. The van der Waals surface area contributed by atoms with Gasteiger partial charge >= 0.3 is 6.18 Å². The van der Waals surface area contributed by atoms with Crippen LogP contribution >= 0.6 is 23.4 Å². The number of nitrogens with zero attached hydrogens (tertiary/aromatic N) is 1. The Labute approximate surface area is 128 Å². The van der Waals surface area contributed by atoms with Gasteiger partial charge in [0, 0.05) is 24.4 Å². The molecule has 9 heteroatoms. The molecular formula is C12H13ClF3NO3S. The number of hydrogen-bond donors (Lipinski definition) is 2. The van der Waals surface area contributed by atoms with Crippen molar-refractivity contribution >= 4 is 28.5 Å². The number of carbonyl (C=O) groups is 1. The van der Waals surface area contributed by atoms with E-state index in [4.69, 9.17) is 11.6 Å². The van der Waals surface area contributed by atoms with E-state index in [1.807, 2.05) is 0 Å². The number of hydrogen-bond acceptors (Lipinski definition) is 5. The highest BCUT2D eigenvalue weighted by atomic mass is 35.5. The molecule has 0 saturated heterocycles. The lowest BCUT2D eigenvalue weighted by molar-refractivity contribution is -0.137. The van der Waals surface area contributed by atoms with E-state index >= 15 is 0 Å². The molecule has 0 aliphatic rings. The van der Waals surface area contributed by atoms with E-state index in [1.54, 1.807) is 0 Å². The van der Waals surface area contributed by atoms with Gasteiger partial charge in [0.1, 0.15) is 11.3 Å². The van der Waals surface area contributed by atoms with Gasteiger partial charge in [-0.25, -0.2) is 4.98 Å². The third kappa shape index (κ3) is 5.46. The first-order chi connectivity index (χ1) is 9.62. The molecule has 1 aromatic heterocycles. The fourth-order valence-electron chi connectivity index (χ4n) is 1.53. The van der Waals surface area contributed by atoms with Gasteiger partial charge in [-0.3, -0.25) is 4.79 Å². The Morgan fingerprint density at radius 3 is 2.62 bits per heavy atom.